The van der Waals surface area contributed by atoms with Crippen LogP contribution in [0.15, 0.2) is 24.3 Å². The molecule has 4 nitrogen and oxygen atoms in total. The van der Waals surface area contributed by atoms with Gasteiger partial charge in [-0.25, -0.2) is 0 Å². The molecule has 1 aromatic rings. The first kappa shape index (κ1) is 14.0. The lowest BCUT2D eigenvalue weighted by Crippen LogP contribution is -2.46. The molecule has 0 amide bonds. The first-order valence-corrected chi connectivity index (χ1v) is 6.66. The molecule has 1 unspecified atom stereocenters. The summed E-state index contributed by atoms with van der Waals surface area (Å²) in [6.45, 7) is 7.78. The van der Waals surface area contributed by atoms with Crippen molar-refractivity contribution in [1.82, 2.24) is 5.32 Å². The van der Waals surface area contributed by atoms with E-state index in [0.29, 0.717) is 18.7 Å². The van der Waals surface area contributed by atoms with Crippen molar-refractivity contribution in [2.24, 2.45) is 0 Å². The highest BCUT2D eigenvalue weighted by Crippen LogP contribution is 2.21. The van der Waals surface area contributed by atoms with Gasteiger partial charge >= 0.3 is 0 Å². The summed E-state index contributed by atoms with van der Waals surface area (Å²) >= 11 is 0. The average molecular weight is 262 g/mol. The molecule has 0 aromatic heterocycles. The van der Waals surface area contributed by atoms with Crippen molar-refractivity contribution in [2.75, 3.05) is 24.5 Å². The molecule has 1 fully saturated rings. The molecule has 104 valence electrons. The maximum Gasteiger partial charge on any atom is 0.159 e. The number of anilines is 1. The van der Waals surface area contributed by atoms with Crippen molar-refractivity contribution in [3.63, 3.8) is 0 Å². The van der Waals surface area contributed by atoms with Gasteiger partial charge in [0.05, 0.1) is 6.10 Å². The summed E-state index contributed by atoms with van der Waals surface area (Å²) in [7, 11) is 0. The van der Waals surface area contributed by atoms with Gasteiger partial charge < -0.3 is 15.3 Å². The molecular weight excluding hydrogens is 240 g/mol. The van der Waals surface area contributed by atoms with E-state index in [4.69, 9.17) is 0 Å². The third kappa shape index (κ3) is 3.55. The predicted octanol–water partition coefficient (Wildman–Crippen LogP) is 1.44. The monoisotopic (exact) mass is 262 g/mol. The lowest BCUT2D eigenvalue weighted by molar-refractivity contribution is 0.101. The van der Waals surface area contributed by atoms with Gasteiger partial charge in [0.15, 0.2) is 5.78 Å². The van der Waals surface area contributed by atoms with Crippen LogP contribution < -0.4 is 10.2 Å². The molecular formula is C15H22N2O2. The highest BCUT2D eigenvalue weighted by Gasteiger charge is 2.27. The van der Waals surface area contributed by atoms with Crippen LogP contribution in [0.4, 0.5) is 5.69 Å². The number of hydrogen-bond acceptors (Lipinski definition) is 4. The molecule has 0 aliphatic carbocycles. The summed E-state index contributed by atoms with van der Waals surface area (Å²) in [6.07, 6.45) is -0.400. The normalized spacial score (nSPS) is 22.9. The van der Waals surface area contributed by atoms with E-state index in [9.17, 15) is 9.90 Å². The van der Waals surface area contributed by atoms with Gasteiger partial charge in [-0.1, -0.05) is 12.1 Å². The van der Waals surface area contributed by atoms with Gasteiger partial charge in [0.25, 0.3) is 0 Å². The number of rotatable bonds is 2. The number of hydrogen-bond donors (Lipinski definition) is 2. The minimum absolute atomic E-state index is 0.0644. The van der Waals surface area contributed by atoms with Gasteiger partial charge in [-0.15, -0.1) is 0 Å². The standard InChI is InChI=1S/C15H22N2O2/c1-11(18)12-5-4-6-13(7-12)17-9-14(19)8-16-15(2,3)10-17/h4-7,14,16,19H,8-10H2,1-3H3. The van der Waals surface area contributed by atoms with Gasteiger partial charge in [-0.05, 0) is 32.9 Å². The molecule has 2 N–H and O–H groups in total. The number of aliphatic hydroxyl groups excluding tert-OH is 1. The summed E-state index contributed by atoms with van der Waals surface area (Å²) in [5.41, 5.74) is 1.63. The quantitative estimate of drug-likeness (QED) is 0.792. The second-order valence-corrected chi connectivity index (χ2v) is 5.91. The van der Waals surface area contributed by atoms with Crippen LogP contribution in [-0.2, 0) is 0 Å². The van der Waals surface area contributed by atoms with Crippen LogP contribution >= 0.6 is 0 Å². The molecule has 1 aliphatic heterocycles. The van der Waals surface area contributed by atoms with E-state index in [1.54, 1.807) is 6.92 Å². The Kier molecular flexibility index (Phi) is 3.92. The van der Waals surface area contributed by atoms with Crippen LogP contribution in [0.1, 0.15) is 31.1 Å². The van der Waals surface area contributed by atoms with Crippen molar-refractivity contribution in [3.05, 3.63) is 29.8 Å². The smallest absolute Gasteiger partial charge is 0.159 e. The molecule has 1 saturated heterocycles. The topological polar surface area (TPSA) is 52.6 Å². The fraction of sp³-hybridized carbons (Fsp3) is 0.533. The Balaban J connectivity index is 2.28. The zero-order valence-electron chi connectivity index (χ0n) is 11.8. The molecule has 1 aliphatic rings. The molecule has 1 atom stereocenters. The molecule has 2 rings (SSSR count). The Morgan fingerprint density at radius 3 is 2.89 bits per heavy atom. The Labute approximate surface area is 114 Å². The van der Waals surface area contributed by atoms with Gasteiger partial charge in [-0.3, -0.25) is 4.79 Å². The van der Waals surface area contributed by atoms with E-state index in [1.807, 2.05) is 24.3 Å². The van der Waals surface area contributed by atoms with E-state index in [2.05, 4.69) is 24.1 Å². The number of nitrogens with zero attached hydrogens (tertiary/aromatic N) is 1. The predicted molar refractivity (Wildman–Crippen MR) is 76.7 cm³/mol. The summed E-state index contributed by atoms with van der Waals surface area (Å²) in [6, 6.07) is 7.60. The fourth-order valence-corrected chi connectivity index (χ4v) is 2.43. The number of ketones is 1. The Bertz CT molecular complexity index is 471. The Hall–Kier alpha value is -1.39. The second-order valence-electron chi connectivity index (χ2n) is 5.91. The SMILES string of the molecule is CC(=O)c1cccc(N2CC(O)CNC(C)(C)C2)c1. The van der Waals surface area contributed by atoms with E-state index in [1.165, 1.54) is 0 Å². The fourth-order valence-electron chi connectivity index (χ4n) is 2.43. The molecule has 1 heterocycles. The third-order valence-corrected chi connectivity index (χ3v) is 3.45. The average Bonchev–Trinajstić information content (AvgIpc) is 2.48. The van der Waals surface area contributed by atoms with Gasteiger partial charge in [-0.2, -0.15) is 0 Å². The lowest BCUT2D eigenvalue weighted by atomic mass is 10.0. The van der Waals surface area contributed by atoms with Crippen LogP contribution in [0.2, 0.25) is 0 Å². The lowest BCUT2D eigenvalue weighted by Gasteiger charge is -2.31. The first-order valence-electron chi connectivity index (χ1n) is 6.66. The third-order valence-electron chi connectivity index (χ3n) is 3.45. The molecule has 0 radical (unpaired) electrons. The van der Waals surface area contributed by atoms with Crippen LogP contribution in [0.5, 0.6) is 0 Å². The molecule has 4 heteroatoms. The minimum Gasteiger partial charge on any atom is -0.390 e. The summed E-state index contributed by atoms with van der Waals surface area (Å²) < 4.78 is 0. The number of nitrogens with one attached hydrogen (secondary N) is 1. The van der Waals surface area contributed by atoms with Crippen molar-refractivity contribution < 1.29 is 9.90 Å². The number of carbonyl (C=O) groups excluding carboxylic acids is 1. The van der Waals surface area contributed by atoms with E-state index >= 15 is 0 Å². The molecule has 0 bridgehead atoms. The summed E-state index contributed by atoms with van der Waals surface area (Å²) in [4.78, 5) is 13.6. The number of β-amino-alcohol motifs (C(OH)–C–C–N with tert-alkyl or cyclic N) is 1. The first-order chi connectivity index (χ1) is 8.87. The minimum atomic E-state index is -0.400. The van der Waals surface area contributed by atoms with Crippen molar-refractivity contribution >= 4 is 11.5 Å². The summed E-state index contributed by atoms with van der Waals surface area (Å²) in [5, 5.41) is 13.3. The zero-order chi connectivity index (χ0) is 14.0. The number of benzene rings is 1. The van der Waals surface area contributed by atoms with Crippen molar-refractivity contribution in [3.8, 4) is 0 Å². The molecule has 0 saturated carbocycles. The van der Waals surface area contributed by atoms with Crippen LogP contribution in [0.3, 0.4) is 0 Å². The van der Waals surface area contributed by atoms with E-state index in [0.717, 1.165) is 12.2 Å². The molecule has 1 aromatic carbocycles. The van der Waals surface area contributed by atoms with E-state index < -0.39 is 6.10 Å². The van der Waals surface area contributed by atoms with Crippen LogP contribution in [0, 0.1) is 0 Å². The van der Waals surface area contributed by atoms with Gasteiger partial charge in [0, 0.05) is 36.4 Å². The molecule has 19 heavy (non-hydrogen) atoms. The van der Waals surface area contributed by atoms with Crippen LogP contribution in [0.25, 0.3) is 0 Å². The number of Topliss-reactive ketones (excluding diaryl/α,β-unsaturated/α-hetero) is 1. The second kappa shape index (κ2) is 5.31. The Morgan fingerprint density at radius 2 is 2.21 bits per heavy atom. The highest BCUT2D eigenvalue weighted by atomic mass is 16.3. The highest BCUT2D eigenvalue weighted by molar-refractivity contribution is 5.95. The number of aliphatic hydroxyl groups is 1. The summed E-state index contributed by atoms with van der Waals surface area (Å²) in [5.74, 6) is 0.0644. The van der Waals surface area contributed by atoms with Gasteiger partial charge in [0.1, 0.15) is 0 Å². The van der Waals surface area contributed by atoms with Crippen molar-refractivity contribution in [2.45, 2.75) is 32.4 Å². The molecule has 0 spiro atoms. The van der Waals surface area contributed by atoms with Gasteiger partial charge in [0.2, 0.25) is 0 Å². The maximum absolute atomic E-state index is 11.5. The maximum atomic E-state index is 11.5. The number of carbonyl (C=O) groups is 1. The largest absolute Gasteiger partial charge is 0.390 e. The Morgan fingerprint density at radius 1 is 1.47 bits per heavy atom. The zero-order valence-corrected chi connectivity index (χ0v) is 11.8. The van der Waals surface area contributed by atoms with Crippen molar-refractivity contribution in [1.29, 1.82) is 0 Å². The van der Waals surface area contributed by atoms with E-state index in [-0.39, 0.29) is 11.3 Å². The van der Waals surface area contributed by atoms with Crippen LogP contribution in [-0.4, -0.2) is 42.2 Å².